The summed E-state index contributed by atoms with van der Waals surface area (Å²) in [4.78, 5) is 15.1. The molecule has 27 heavy (non-hydrogen) atoms. The lowest BCUT2D eigenvalue weighted by Gasteiger charge is -2.32. The van der Waals surface area contributed by atoms with Gasteiger partial charge in [0.05, 0.1) is 13.2 Å². The molecule has 3 rings (SSSR count). The predicted molar refractivity (Wildman–Crippen MR) is 109 cm³/mol. The molecular weight excluding hydrogens is 360 g/mol. The van der Waals surface area contributed by atoms with Gasteiger partial charge in [-0.1, -0.05) is 41.9 Å². The molecule has 0 aliphatic carbocycles. The summed E-state index contributed by atoms with van der Waals surface area (Å²) in [7, 11) is 1.66. The van der Waals surface area contributed by atoms with Crippen molar-refractivity contribution in [1.82, 2.24) is 10.2 Å². The average Bonchev–Trinajstić information content (AvgIpc) is 2.68. The molecule has 4 nitrogen and oxygen atoms in total. The molecule has 2 aromatic carbocycles. The lowest BCUT2D eigenvalue weighted by Crippen LogP contribution is -2.40. The van der Waals surface area contributed by atoms with Gasteiger partial charge in [0, 0.05) is 23.0 Å². The number of methoxy groups -OCH3 is 1. The smallest absolute Gasteiger partial charge is 0.223 e. The summed E-state index contributed by atoms with van der Waals surface area (Å²) >= 11 is 6.07. The van der Waals surface area contributed by atoms with Gasteiger partial charge in [0.25, 0.3) is 0 Å². The molecule has 0 bridgehead atoms. The van der Waals surface area contributed by atoms with Crippen LogP contribution >= 0.6 is 11.6 Å². The number of benzene rings is 2. The van der Waals surface area contributed by atoms with E-state index in [1.165, 1.54) is 5.56 Å². The molecule has 1 heterocycles. The number of likely N-dealkylation sites (tertiary alicyclic amines) is 1. The van der Waals surface area contributed by atoms with E-state index in [2.05, 4.69) is 16.3 Å². The third kappa shape index (κ3) is 5.24. The first-order valence-electron chi connectivity index (χ1n) is 9.47. The van der Waals surface area contributed by atoms with Crippen LogP contribution in [0.4, 0.5) is 0 Å². The Kier molecular flexibility index (Phi) is 6.75. The first kappa shape index (κ1) is 19.7. The van der Waals surface area contributed by atoms with Crippen molar-refractivity contribution in [2.24, 2.45) is 5.92 Å². The number of carbonyl (C=O) groups is 1. The van der Waals surface area contributed by atoms with Gasteiger partial charge >= 0.3 is 0 Å². The number of halogens is 1. The summed E-state index contributed by atoms with van der Waals surface area (Å²) in [5, 5.41) is 3.93. The minimum absolute atomic E-state index is 0.0674. The Labute approximate surface area is 166 Å². The largest absolute Gasteiger partial charge is 0.496 e. The lowest BCUT2D eigenvalue weighted by molar-refractivity contribution is -0.127. The van der Waals surface area contributed by atoms with Crippen LogP contribution in [-0.4, -0.2) is 31.0 Å². The Morgan fingerprint density at radius 3 is 2.67 bits per heavy atom. The molecular formula is C22H27ClN2O2. The maximum atomic E-state index is 12.7. The number of ether oxygens (including phenoxy) is 1. The van der Waals surface area contributed by atoms with Crippen LogP contribution in [0, 0.1) is 5.92 Å². The van der Waals surface area contributed by atoms with Crippen LogP contribution in [-0.2, 0) is 11.3 Å². The van der Waals surface area contributed by atoms with Gasteiger partial charge < -0.3 is 10.1 Å². The van der Waals surface area contributed by atoms with Gasteiger partial charge in [-0.3, -0.25) is 9.69 Å². The zero-order valence-corrected chi connectivity index (χ0v) is 16.7. The van der Waals surface area contributed by atoms with Gasteiger partial charge in [0.15, 0.2) is 0 Å². The molecule has 5 heteroatoms. The highest BCUT2D eigenvalue weighted by molar-refractivity contribution is 6.30. The molecule has 1 fully saturated rings. The van der Waals surface area contributed by atoms with Crippen LogP contribution < -0.4 is 10.1 Å². The van der Waals surface area contributed by atoms with E-state index in [-0.39, 0.29) is 17.9 Å². The monoisotopic (exact) mass is 386 g/mol. The van der Waals surface area contributed by atoms with E-state index >= 15 is 0 Å². The molecule has 144 valence electrons. The van der Waals surface area contributed by atoms with E-state index in [9.17, 15) is 4.79 Å². The summed E-state index contributed by atoms with van der Waals surface area (Å²) < 4.78 is 5.41. The second-order valence-electron chi connectivity index (χ2n) is 7.15. The third-order valence-electron chi connectivity index (χ3n) is 5.22. The van der Waals surface area contributed by atoms with Crippen molar-refractivity contribution in [2.45, 2.75) is 32.4 Å². The Morgan fingerprint density at radius 1 is 1.22 bits per heavy atom. The highest BCUT2D eigenvalue weighted by Gasteiger charge is 2.26. The first-order chi connectivity index (χ1) is 13.1. The van der Waals surface area contributed by atoms with Crippen LogP contribution in [0.2, 0.25) is 5.02 Å². The van der Waals surface area contributed by atoms with Gasteiger partial charge in [-0.2, -0.15) is 0 Å². The van der Waals surface area contributed by atoms with Crippen molar-refractivity contribution >= 4 is 17.5 Å². The van der Waals surface area contributed by atoms with Crippen LogP contribution in [0.1, 0.15) is 36.9 Å². The second-order valence-corrected chi connectivity index (χ2v) is 7.59. The summed E-state index contributed by atoms with van der Waals surface area (Å²) in [6.07, 6.45) is 1.76. The molecule has 1 aliphatic heterocycles. The summed E-state index contributed by atoms with van der Waals surface area (Å²) in [5.41, 5.74) is 2.22. The maximum Gasteiger partial charge on any atom is 0.223 e. The lowest BCUT2D eigenvalue weighted by atomic mass is 9.94. The molecule has 0 spiro atoms. The standard InChI is InChI=1S/C22H27ClN2O2/c1-16(20-8-3-4-9-21(20)27-2)24-22(26)18-10-12-25(13-11-18)15-17-6-5-7-19(23)14-17/h3-9,14,16,18H,10-13,15H2,1-2H3,(H,24,26)/t16-/m1/s1. The SMILES string of the molecule is COc1ccccc1[C@@H](C)NC(=O)C1CCN(Cc2cccc(Cl)c2)CC1. The van der Waals surface area contributed by atoms with Gasteiger partial charge in [0.2, 0.25) is 5.91 Å². The third-order valence-corrected chi connectivity index (χ3v) is 5.45. The van der Waals surface area contributed by atoms with E-state index in [4.69, 9.17) is 16.3 Å². The van der Waals surface area contributed by atoms with E-state index in [0.717, 1.165) is 48.8 Å². The van der Waals surface area contributed by atoms with Gasteiger partial charge in [0.1, 0.15) is 5.75 Å². The Balaban J connectivity index is 1.51. The molecule has 1 amide bonds. The van der Waals surface area contributed by atoms with Crippen molar-refractivity contribution in [3.8, 4) is 5.75 Å². The fourth-order valence-corrected chi connectivity index (χ4v) is 3.89. The molecule has 0 radical (unpaired) electrons. The Hall–Kier alpha value is -2.04. The molecule has 0 saturated carbocycles. The Bertz CT molecular complexity index is 772. The second kappa shape index (κ2) is 9.25. The minimum Gasteiger partial charge on any atom is -0.496 e. The quantitative estimate of drug-likeness (QED) is 0.798. The van der Waals surface area contributed by atoms with Crippen molar-refractivity contribution in [3.05, 3.63) is 64.7 Å². The number of piperidine rings is 1. The maximum absolute atomic E-state index is 12.7. The number of rotatable bonds is 6. The van der Waals surface area contributed by atoms with Crippen molar-refractivity contribution in [3.63, 3.8) is 0 Å². The predicted octanol–water partition coefficient (Wildman–Crippen LogP) is 4.44. The molecule has 1 saturated heterocycles. The number of hydrogen-bond acceptors (Lipinski definition) is 3. The van der Waals surface area contributed by atoms with Crippen molar-refractivity contribution in [1.29, 1.82) is 0 Å². The van der Waals surface area contributed by atoms with Crippen LogP contribution in [0.3, 0.4) is 0 Å². The molecule has 1 aliphatic rings. The van der Waals surface area contributed by atoms with Crippen molar-refractivity contribution < 1.29 is 9.53 Å². The summed E-state index contributed by atoms with van der Waals surface area (Å²) in [5.74, 6) is 1.01. The van der Waals surface area contributed by atoms with Gasteiger partial charge in [-0.15, -0.1) is 0 Å². The fraction of sp³-hybridized carbons (Fsp3) is 0.409. The van der Waals surface area contributed by atoms with Gasteiger partial charge in [-0.25, -0.2) is 0 Å². The molecule has 1 atom stereocenters. The van der Waals surface area contributed by atoms with Crippen LogP contribution in [0.15, 0.2) is 48.5 Å². The Morgan fingerprint density at radius 2 is 1.96 bits per heavy atom. The molecule has 2 aromatic rings. The summed E-state index contributed by atoms with van der Waals surface area (Å²) in [6, 6.07) is 15.7. The highest BCUT2D eigenvalue weighted by atomic mass is 35.5. The van der Waals surface area contributed by atoms with Crippen LogP contribution in [0.25, 0.3) is 0 Å². The number of para-hydroxylation sites is 1. The van der Waals surface area contributed by atoms with E-state index in [0.29, 0.717) is 0 Å². The van der Waals surface area contributed by atoms with E-state index < -0.39 is 0 Å². The van der Waals surface area contributed by atoms with Gasteiger partial charge in [-0.05, 0) is 56.6 Å². The zero-order valence-electron chi connectivity index (χ0n) is 16.0. The average molecular weight is 387 g/mol. The molecule has 1 N–H and O–H groups in total. The fourth-order valence-electron chi connectivity index (χ4n) is 3.68. The van der Waals surface area contributed by atoms with Crippen molar-refractivity contribution in [2.75, 3.05) is 20.2 Å². The highest BCUT2D eigenvalue weighted by Crippen LogP contribution is 2.26. The number of carbonyl (C=O) groups excluding carboxylic acids is 1. The summed E-state index contributed by atoms with van der Waals surface area (Å²) in [6.45, 7) is 4.73. The topological polar surface area (TPSA) is 41.6 Å². The van der Waals surface area contributed by atoms with Crippen LogP contribution in [0.5, 0.6) is 5.75 Å². The number of nitrogens with one attached hydrogen (secondary N) is 1. The zero-order chi connectivity index (χ0) is 19.2. The number of amides is 1. The first-order valence-corrected chi connectivity index (χ1v) is 9.84. The number of hydrogen-bond donors (Lipinski definition) is 1. The van der Waals surface area contributed by atoms with E-state index in [1.54, 1.807) is 7.11 Å². The molecule has 0 aromatic heterocycles. The van der Waals surface area contributed by atoms with E-state index in [1.807, 2.05) is 49.4 Å². The minimum atomic E-state index is -0.0712. The normalized spacial score (nSPS) is 16.7. The number of nitrogens with zero attached hydrogens (tertiary/aromatic N) is 1. The molecule has 0 unspecified atom stereocenters.